The van der Waals surface area contributed by atoms with Gasteiger partial charge in [0.05, 0.1) is 12.1 Å². The van der Waals surface area contributed by atoms with Crippen molar-refractivity contribution >= 4 is 29.9 Å². The van der Waals surface area contributed by atoms with Gasteiger partial charge in [0.15, 0.2) is 5.96 Å². The van der Waals surface area contributed by atoms with Crippen molar-refractivity contribution in [3.05, 3.63) is 29.8 Å². The van der Waals surface area contributed by atoms with Gasteiger partial charge in [-0.3, -0.25) is 4.99 Å². The number of ether oxygens (including phenoxy) is 2. The zero-order valence-electron chi connectivity index (χ0n) is 16.3. The van der Waals surface area contributed by atoms with Gasteiger partial charge >= 0.3 is 6.18 Å². The predicted octanol–water partition coefficient (Wildman–Crippen LogP) is 4.03. The topological polar surface area (TPSA) is 46.1 Å². The van der Waals surface area contributed by atoms with E-state index in [9.17, 15) is 13.2 Å². The van der Waals surface area contributed by atoms with Crippen molar-refractivity contribution in [1.29, 1.82) is 0 Å². The Morgan fingerprint density at radius 3 is 2.68 bits per heavy atom. The zero-order valence-corrected chi connectivity index (χ0v) is 18.6. The Balaban J connectivity index is 0.00000392. The van der Waals surface area contributed by atoms with Crippen molar-refractivity contribution in [3.63, 3.8) is 0 Å². The minimum absolute atomic E-state index is 0. The number of rotatable bonds is 7. The normalized spacial score (nSPS) is 15.7. The summed E-state index contributed by atoms with van der Waals surface area (Å²) in [7, 11) is 3.68. The van der Waals surface area contributed by atoms with Crippen molar-refractivity contribution in [2.45, 2.75) is 25.4 Å². The van der Waals surface area contributed by atoms with Crippen LogP contribution >= 0.6 is 24.0 Å². The van der Waals surface area contributed by atoms with Gasteiger partial charge in [-0.1, -0.05) is 6.07 Å². The average molecular weight is 515 g/mol. The van der Waals surface area contributed by atoms with E-state index < -0.39 is 11.7 Å². The molecule has 28 heavy (non-hydrogen) atoms. The lowest BCUT2D eigenvalue weighted by atomic mass is 9.96. The molecule has 0 aromatic heterocycles. The quantitative estimate of drug-likeness (QED) is 0.258. The van der Waals surface area contributed by atoms with Crippen LogP contribution in [-0.4, -0.2) is 57.9 Å². The van der Waals surface area contributed by atoms with Crippen LogP contribution in [0.1, 0.15) is 24.8 Å². The molecule has 2 rings (SSSR count). The molecule has 0 atom stereocenters. The summed E-state index contributed by atoms with van der Waals surface area (Å²) in [5.41, 5.74) is -0.711. The maximum Gasteiger partial charge on any atom is 0.416 e. The van der Waals surface area contributed by atoms with Crippen molar-refractivity contribution in [3.8, 4) is 5.75 Å². The molecule has 0 radical (unpaired) electrons. The number of halogens is 4. The molecular formula is C19H29F3IN3O2. The van der Waals surface area contributed by atoms with E-state index in [2.05, 4.69) is 15.2 Å². The van der Waals surface area contributed by atoms with E-state index in [-0.39, 0.29) is 36.3 Å². The Bertz CT molecular complexity index is 608. The first kappa shape index (κ1) is 24.8. The van der Waals surface area contributed by atoms with Crippen molar-refractivity contribution < 1.29 is 22.6 Å². The van der Waals surface area contributed by atoms with Gasteiger partial charge in [0.25, 0.3) is 0 Å². The molecule has 0 amide bonds. The number of aliphatic imine (C=N–C) groups is 1. The largest absolute Gasteiger partial charge is 0.492 e. The summed E-state index contributed by atoms with van der Waals surface area (Å²) in [6.07, 6.45) is -1.08. The van der Waals surface area contributed by atoms with E-state index in [1.807, 2.05) is 7.05 Å². The number of nitrogens with one attached hydrogen (secondary N) is 1. The van der Waals surface area contributed by atoms with E-state index in [0.29, 0.717) is 12.5 Å². The molecule has 0 aliphatic carbocycles. The third kappa shape index (κ3) is 8.42. The van der Waals surface area contributed by atoms with Gasteiger partial charge < -0.3 is 19.7 Å². The predicted molar refractivity (Wildman–Crippen MR) is 115 cm³/mol. The number of benzene rings is 1. The van der Waals surface area contributed by atoms with Gasteiger partial charge in [0.1, 0.15) is 12.4 Å². The Morgan fingerprint density at radius 1 is 1.32 bits per heavy atom. The highest BCUT2D eigenvalue weighted by Crippen LogP contribution is 2.31. The smallest absolute Gasteiger partial charge is 0.416 e. The third-order valence-corrected chi connectivity index (χ3v) is 4.60. The number of alkyl halides is 3. The van der Waals surface area contributed by atoms with Crippen LogP contribution in [0.3, 0.4) is 0 Å². The minimum atomic E-state index is -4.37. The van der Waals surface area contributed by atoms with Crippen LogP contribution in [0.25, 0.3) is 0 Å². The lowest BCUT2D eigenvalue weighted by Gasteiger charge is -2.26. The van der Waals surface area contributed by atoms with E-state index in [1.165, 1.54) is 12.1 Å². The second-order valence-electron chi connectivity index (χ2n) is 6.61. The monoisotopic (exact) mass is 515 g/mol. The molecule has 1 N–H and O–H groups in total. The number of hydrogen-bond donors (Lipinski definition) is 1. The van der Waals surface area contributed by atoms with Crippen LogP contribution in [0.2, 0.25) is 0 Å². The molecular weight excluding hydrogens is 486 g/mol. The molecule has 0 unspecified atom stereocenters. The fourth-order valence-corrected chi connectivity index (χ4v) is 3.00. The van der Waals surface area contributed by atoms with Crippen LogP contribution in [0, 0.1) is 5.92 Å². The summed E-state index contributed by atoms with van der Waals surface area (Å²) in [6.45, 7) is 3.26. The summed E-state index contributed by atoms with van der Waals surface area (Å²) in [6, 6.07) is 4.90. The van der Waals surface area contributed by atoms with Gasteiger partial charge in [0.2, 0.25) is 0 Å². The first-order valence-corrected chi connectivity index (χ1v) is 9.19. The molecule has 0 spiro atoms. The molecule has 160 valence electrons. The van der Waals surface area contributed by atoms with E-state index in [4.69, 9.17) is 9.47 Å². The Morgan fingerprint density at radius 2 is 2.04 bits per heavy atom. The average Bonchev–Trinajstić information content (AvgIpc) is 2.66. The lowest BCUT2D eigenvalue weighted by molar-refractivity contribution is -0.137. The third-order valence-electron chi connectivity index (χ3n) is 4.60. The molecule has 1 saturated heterocycles. The fourth-order valence-electron chi connectivity index (χ4n) is 3.00. The van der Waals surface area contributed by atoms with Crippen molar-refractivity contribution in [1.82, 2.24) is 10.2 Å². The van der Waals surface area contributed by atoms with Gasteiger partial charge in [-0.15, -0.1) is 24.0 Å². The Labute approximate surface area is 181 Å². The first-order valence-electron chi connectivity index (χ1n) is 9.19. The van der Waals surface area contributed by atoms with Crippen LogP contribution in [0.4, 0.5) is 13.2 Å². The highest BCUT2D eigenvalue weighted by atomic mass is 127. The Hall–Kier alpha value is -1.23. The maximum absolute atomic E-state index is 12.7. The van der Waals surface area contributed by atoms with Gasteiger partial charge in [0, 0.05) is 33.9 Å². The molecule has 1 aliphatic rings. The lowest BCUT2D eigenvalue weighted by Crippen LogP contribution is -2.41. The zero-order chi connectivity index (χ0) is 19.7. The molecule has 1 heterocycles. The highest BCUT2D eigenvalue weighted by Gasteiger charge is 2.30. The maximum atomic E-state index is 12.7. The molecule has 1 aromatic carbocycles. The van der Waals surface area contributed by atoms with E-state index in [0.717, 1.165) is 57.1 Å². The number of guanidine groups is 1. The SMILES string of the molecule is CN=C(NCCOc1cccc(C(F)(F)F)c1)N(C)CCC1CCOCC1.I. The molecule has 5 nitrogen and oxygen atoms in total. The van der Waals surface area contributed by atoms with Crippen LogP contribution in [-0.2, 0) is 10.9 Å². The van der Waals surface area contributed by atoms with Crippen molar-refractivity contribution in [2.75, 3.05) is 47.0 Å². The van der Waals surface area contributed by atoms with Crippen LogP contribution < -0.4 is 10.1 Å². The molecule has 1 fully saturated rings. The number of nitrogens with zero attached hydrogens (tertiary/aromatic N) is 2. The van der Waals surface area contributed by atoms with Gasteiger partial charge in [-0.25, -0.2) is 0 Å². The summed E-state index contributed by atoms with van der Waals surface area (Å²) >= 11 is 0. The standard InChI is InChI=1S/C19H28F3N3O2.HI/c1-23-18(25(2)10-6-15-7-11-26-12-8-15)24-9-13-27-17-5-3-4-16(14-17)19(20,21)22;/h3-5,14-15H,6-13H2,1-2H3,(H,23,24);1H. The molecule has 0 bridgehead atoms. The fraction of sp³-hybridized carbons (Fsp3) is 0.632. The van der Waals surface area contributed by atoms with E-state index >= 15 is 0 Å². The summed E-state index contributed by atoms with van der Waals surface area (Å²) in [5, 5.41) is 3.18. The minimum Gasteiger partial charge on any atom is -0.492 e. The summed E-state index contributed by atoms with van der Waals surface area (Å²) in [5.74, 6) is 1.63. The number of hydrogen-bond acceptors (Lipinski definition) is 3. The van der Waals surface area contributed by atoms with Gasteiger partial charge in [-0.2, -0.15) is 13.2 Å². The van der Waals surface area contributed by atoms with E-state index in [1.54, 1.807) is 7.05 Å². The van der Waals surface area contributed by atoms with Crippen LogP contribution in [0.15, 0.2) is 29.3 Å². The summed E-state index contributed by atoms with van der Waals surface area (Å²) in [4.78, 5) is 6.30. The first-order chi connectivity index (χ1) is 12.9. The molecule has 9 heteroatoms. The molecule has 0 saturated carbocycles. The second kappa shape index (κ2) is 12.4. The Kier molecular flexibility index (Phi) is 10.9. The molecule has 1 aromatic rings. The van der Waals surface area contributed by atoms with Crippen LogP contribution in [0.5, 0.6) is 5.75 Å². The van der Waals surface area contributed by atoms with Gasteiger partial charge in [-0.05, 0) is 43.4 Å². The van der Waals surface area contributed by atoms with Crippen molar-refractivity contribution in [2.24, 2.45) is 10.9 Å². The molecule has 1 aliphatic heterocycles. The highest BCUT2D eigenvalue weighted by molar-refractivity contribution is 14.0. The second-order valence-corrected chi connectivity index (χ2v) is 6.61. The summed E-state index contributed by atoms with van der Waals surface area (Å²) < 4.78 is 48.9.